The molecule has 0 saturated carbocycles. The van der Waals surface area contributed by atoms with Crippen LogP contribution in [-0.4, -0.2) is 9.55 Å². The lowest BCUT2D eigenvalue weighted by atomic mass is 10.1. The molecular formula is C14H17IN2. The molecule has 0 aliphatic carbocycles. The van der Waals surface area contributed by atoms with E-state index in [0.29, 0.717) is 6.04 Å². The van der Waals surface area contributed by atoms with Crippen LogP contribution >= 0.6 is 22.6 Å². The Morgan fingerprint density at radius 1 is 1.41 bits per heavy atom. The Hall–Kier alpha value is -0.840. The fourth-order valence-electron chi connectivity index (χ4n) is 2.08. The summed E-state index contributed by atoms with van der Waals surface area (Å²) >= 11 is 2.34. The van der Waals surface area contributed by atoms with Crippen molar-refractivity contribution < 1.29 is 0 Å². The van der Waals surface area contributed by atoms with Gasteiger partial charge in [0.05, 0.1) is 0 Å². The Morgan fingerprint density at radius 3 is 2.94 bits per heavy atom. The van der Waals surface area contributed by atoms with E-state index in [-0.39, 0.29) is 0 Å². The van der Waals surface area contributed by atoms with Gasteiger partial charge in [-0.15, -0.1) is 0 Å². The molecule has 2 rings (SSSR count). The summed E-state index contributed by atoms with van der Waals surface area (Å²) in [6, 6.07) is 9.00. The van der Waals surface area contributed by atoms with Gasteiger partial charge >= 0.3 is 0 Å². The number of nitrogens with zero attached hydrogens (tertiary/aromatic N) is 2. The number of rotatable bonds is 4. The van der Waals surface area contributed by atoms with Crippen molar-refractivity contribution in [1.82, 2.24) is 9.55 Å². The van der Waals surface area contributed by atoms with Gasteiger partial charge in [-0.05, 0) is 48.1 Å². The van der Waals surface area contributed by atoms with E-state index in [0.717, 1.165) is 5.82 Å². The highest BCUT2D eigenvalue weighted by Crippen LogP contribution is 2.24. The topological polar surface area (TPSA) is 17.8 Å². The molecule has 0 N–H and O–H groups in total. The normalized spacial score (nSPS) is 12.6. The zero-order valence-corrected chi connectivity index (χ0v) is 12.4. The van der Waals surface area contributed by atoms with E-state index in [2.05, 4.69) is 76.5 Å². The van der Waals surface area contributed by atoms with Crippen molar-refractivity contribution in [2.24, 2.45) is 0 Å². The summed E-state index contributed by atoms with van der Waals surface area (Å²) in [5.74, 6) is 1.07. The van der Waals surface area contributed by atoms with Crippen LogP contribution in [0.3, 0.4) is 0 Å². The fraction of sp³-hybridized carbons (Fsp3) is 0.357. The highest BCUT2D eigenvalue weighted by molar-refractivity contribution is 14.1. The van der Waals surface area contributed by atoms with Crippen LogP contribution in [0.2, 0.25) is 0 Å². The molecule has 0 saturated heterocycles. The predicted molar refractivity (Wildman–Crippen MR) is 80.0 cm³/mol. The highest BCUT2D eigenvalue weighted by atomic mass is 127. The van der Waals surface area contributed by atoms with Gasteiger partial charge in [0, 0.05) is 27.6 Å². The number of aromatic nitrogens is 2. The summed E-state index contributed by atoms with van der Waals surface area (Å²) in [4.78, 5) is 4.49. The van der Waals surface area contributed by atoms with Gasteiger partial charge in [0.1, 0.15) is 5.82 Å². The molecule has 0 amide bonds. The summed E-state index contributed by atoms with van der Waals surface area (Å²) in [5, 5.41) is 0. The van der Waals surface area contributed by atoms with Crippen molar-refractivity contribution >= 4 is 22.6 Å². The first kappa shape index (κ1) is 12.6. The Labute approximate surface area is 116 Å². The maximum atomic E-state index is 4.49. The second-order valence-electron chi connectivity index (χ2n) is 4.31. The molecular weight excluding hydrogens is 323 g/mol. The van der Waals surface area contributed by atoms with Crippen molar-refractivity contribution in [1.29, 1.82) is 0 Å². The van der Waals surface area contributed by atoms with E-state index in [1.165, 1.54) is 22.0 Å². The molecule has 1 aromatic heterocycles. The smallest absolute Gasteiger partial charge is 0.140 e. The second kappa shape index (κ2) is 5.67. The molecule has 0 aliphatic heterocycles. The summed E-state index contributed by atoms with van der Waals surface area (Å²) in [7, 11) is 0. The number of benzene rings is 1. The van der Waals surface area contributed by atoms with E-state index < -0.39 is 0 Å². The lowest BCUT2D eigenvalue weighted by Gasteiger charge is -2.15. The zero-order valence-electron chi connectivity index (χ0n) is 10.2. The largest absolute Gasteiger partial charge is 0.328 e. The van der Waals surface area contributed by atoms with E-state index in [9.17, 15) is 0 Å². The first-order valence-electron chi connectivity index (χ1n) is 6.01. The van der Waals surface area contributed by atoms with E-state index in [4.69, 9.17) is 0 Å². The molecule has 2 nitrogen and oxygen atoms in total. The minimum Gasteiger partial charge on any atom is -0.328 e. The molecule has 3 heteroatoms. The van der Waals surface area contributed by atoms with Crippen LogP contribution in [0, 0.1) is 3.57 Å². The molecule has 1 heterocycles. The molecule has 90 valence electrons. The second-order valence-corrected chi connectivity index (χ2v) is 5.55. The van der Waals surface area contributed by atoms with Crippen LogP contribution < -0.4 is 0 Å². The molecule has 0 radical (unpaired) electrons. The van der Waals surface area contributed by atoms with Crippen molar-refractivity contribution in [2.45, 2.75) is 32.7 Å². The maximum Gasteiger partial charge on any atom is 0.140 e. The molecule has 1 unspecified atom stereocenters. The molecule has 1 atom stereocenters. The molecule has 1 aromatic carbocycles. The molecule has 0 fully saturated rings. The minimum atomic E-state index is 0.510. The monoisotopic (exact) mass is 340 g/mol. The van der Waals surface area contributed by atoms with Gasteiger partial charge in [0.2, 0.25) is 0 Å². The molecule has 0 aliphatic rings. The van der Waals surface area contributed by atoms with Crippen LogP contribution in [0.25, 0.3) is 11.4 Å². The van der Waals surface area contributed by atoms with Gasteiger partial charge in [-0.2, -0.15) is 0 Å². The van der Waals surface area contributed by atoms with E-state index in [1.54, 1.807) is 0 Å². The van der Waals surface area contributed by atoms with E-state index >= 15 is 0 Å². The number of hydrogen-bond donors (Lipinski definition) is 0. The molecule has 2 aromatic rings. The van der Waals surface area contributed by atoms with Crippen molar-refractivity contribution in [3.05, 3.63) is 40.2 Å². The summed E-state index contributed by atoms with van der Waals surface area (Å²) in [6.45, 7) is 4.47. The van der Waals surface area contributed by atoms with Crippen LogP contribution in [-0.2, 0) is 0 Å². The van der Waals surface area contributed by atoms with Gasteiger partial charge < -0.3 is 4.57 Å². The fourth-order valence-corrected chi connectivity index (χ4v) is 2.62. The SMILES string of the molecule is CCCC(C)n1ccnc1-c1cccc(I)c1. The average molecular weight is 340 g/mol. The van der Waals surface area contributed by atoms with Gasteiger partial charge in [-0.1, -0.05) is 25.5 Å². The Balaban J connectivity index is 2.36. The van der Waals surface area contributed by atoms with Gasteiger partial charge in [0.15, 0.2) is 0 Å². The zero-order chi connectivity index (χ0) is 12.3. The van der Waals surface area contributed by atoms with Crippen molar-refractivity contribution in [3.63, 3.8) is 0 Å². The minimum absolute atomic E-state index is 0.510. The third-order valence-electron chi connectivity index (χ3n) is 2.93. The molecule has 0 spiro atoms. The third kappa shape index (κ3) is 2.89. The van der Waals surface area contributed by atoms with Crippen molar-refractivity contribution in [2.75, 3.05) is 0 Å². The molecule has 0 bridgehead atoms. The third-order valence-corrected chi connectivity index (χ3v) is 3.60. The van der Waals surface area contributed by atoms with Crippen LogP contribution in [0.4, 0.5) is 0 Å². The average Bonchev–Trinajstić information content (AvgIpc) is 2.78. The first-order chi connectivity index (χ1) is 8.22. The maximum absolute atomic E-state index is 4.49. The molecule has 17 heavy (non-hydrogen) atoms. The standard InChI is InChI=1S/C14H17IN2/c1-3-5-11(2)17-9-8-16-14(17)12-6-4-7-13(15)10-12/h4,6-11H,3,5H2,1-2H3. The Kier molecular flexibility index (Phi) is 4.20. The predicted octanol–water partition coefficient (Wildman–Crippen LogP) is 4.52. The van der Waals surface area contributed by atoms with E-state index in [1.807, 2.05) is 6.20 Å². The summed E-state index contributed by atoms with van der Waals surface area (Å²) < 4.78 is 3.52. The first-order valence-corrected chi connectivity index (χ1v) is 7.09. The summed E-state index contributed by atoms with van der Waals surface area (Å²) in [6.07, 6.45) is 6.36. The van der Waals surface area contributed by atoms with Crippen LogP contribution in [0.1, 0.15) is 32.7 Å². The lowest BCUT2D eigenvalue weighted by Crippen LogP contribution is -2.05. The van der Waals surface area contributed by atoms with Gasteiger partial charge in [-0.3, -0.25) is 0 Å². The van der Waals surface area contributed by atoms with Crippen LogP contribution in [0.5, 0.6) is 0 Å². The van der Waals surface area contributed by atoms with Gasteiger partial charge in [-0.25, -0.2) is 4.98 Å². The highest BCUT2D eigenvalue weighted by Gasteiger charge is 2.10. The van der Waals surface area contributed by atoms with Crippen molar-refractivity contribution in [3.8, 4) is 11.4 Å². The van der Waals surface area contributed by atoms with Gasteiger partial charge in [0.25, 0.3) is 0 Å². The Morgan fingerprint density at radius 2 is 2.24 bits per heavy atom. The number of halogens is 1. The number of hydrogen-bond acceptors (Lipinski definition) is 1. The lowest BCUT2D eigenvalue weighted by molar-refractivity contribution is 0.505. The van der Waals surface area contributed by atoms with Crippen LogP contribution in [0.15, 0.2) is 36.7 Å². The summed E-state index contributed by atoms with van der Waals surface area (Å²) in [5.41, 5.74) is 1.20. The Bertz CT molecular complexity index is 490. The number of imidazole rings is 1. The quantitative estimate of drug-likeness (QED) is 0.749.